The van der Waals surface area contributed by atoms with E-state index < -0.39 is 6.10 Å². The van der Waals surface area contributed by atoms with Crippen molar-refractivity contribution in [3.8, 4) is 5.75 Å². The predicted octanol–water partition coefficient (Wildman–Crippen LogP) is 2.51. The lowest BCUT2D eigenvalue weighted by molar-refractivity contribution is 0.163. The summed E-state index contributed by atoms with van der Waals surface area (Å²) in [5.41, 5.74) is 0.750. The van der Waals surface area contributed by atoms with Crippen molar-refractivity contribution >= 4 is 15.9 Å². The summed E-state index contributed by atoms with van der Waals surface area (Å²) in [7, 11) is 0. The summed E-state index contributed by atoms with van der Waals surface area (Å²) in [5.74, 6) is 0.754. The van der Waals surface area contributed by atoms with Crippen molar-refractivity contribution in [3.05, 3.63) is 28.2 Å². The van der Waals surface area contributed by atoms with Gasteiger partial charge in [-0.3, -0.25) is 0 Å². The van der Waals surface area contributed by atoms with Gasteiger partial charge in [0.25, 0.3) is 0 Å². The Labute approximate surface area is 104 Å². The summed E-state index contributed by atoms with van der Waals surface area (Å²) in [5, 5.41) is 18.5. The van der Waals surface area contributed by atoms with E-state index in [0.29, 0.717) is 12.4 Å². The average Bonchev–Trinajstić information content (AvgIpc) is 2.26. The first kappa shape index (κ1) is 13.5. The van der Waals surface area contributed by atoms with Gasteiger partial charge in [0.1, 0.15) is 5.75 Å². The molecule has 0 aromatic heterocycles. The van der Waals surface area contributed by atoms with Crippen molar-refractivity contribution in [1.82, 2.24) is 0 Å². The van der Waals surface area contributed by atoms with Gasteiger partial charge in [0.2, 0.25) is 0 Å². The monoisotopic (exact) mass is 288 g/mol. The van der Waals surface area contributed by atoms with E-state index in [1.54, 1.807) is 6.92 Å². The highest BCUT2D eigenvalue weighted by atomic mass is 79.9. The minimum Gasteiger partial charge on any atom is -0.493 e. The minimum atomic E-state index is -0.572. The molecule has 1 unspecified atom stereocenters. The Morgan fingerprint density at radius 2 is 2.06 bits per heavy atom. The van der Waals surface area contributed by atoms with Crippen molar-refractivity contribution in [2.45, 2.75) is 20.0 Å². The lowest BCUT2D eigenvalue weighted by atomic mass is 10.1. The van der Waals surface area contributed by atoms with Gasteiger partial charge in [-0.25, -0.2) is 0 Å². The largest absolute Gasteiger partial charge is 0.493 e. The van der Waals surface area contributed by atoms with Crippen LogP contribution in [0.4, 0.5) is 0 Å². The number of halogens is 1. The van der Waals surface area contributed by atoms with Gasteiger partial charge in [0, 0.05) is 22.6 Å². The van der Waals surface area contributed by atoms with Crippen LogP contribution in [-0.4, -0.2) is 23.4 Å². The Balaban J connectivity index is 2.78. The van der Waals surface area contributed by atoms with Crippen LogP contribution in [-0.2, 0) is 0 Å². The molecule has 3 nitrogen and oxygen atoms in total. The smallest absolute Gasteiger partial charge is 0.125 e. The molecule has 0 bridgehead atoms. The van der Waals surface area contributed by atoms with E-state index in [2.05, 4.69) is 15.9 Å². The molecule has 0 saturated heterocycles. The summed E-state index contributed by atoms with van der Waals surface area (Å²) < 4.78 is 6.47. The Bertz CT molecular complexity index is 339. The summed E-state index contributed by atoms with van der Waals surface area (Å²) in [6.45, 7) is 4.14. The van der Waals surface area contributed by atoms with E-state index in [1.165, 1.54) is 0 Å². The van der Waals surface area contributed by atoms with Crippen molar-refractivity contribution in [2.24, 2.45) is 5.92 Å². The molecular formula is C12H17BrO3. The number of hydrogen-bond acceptors (Lipinski definition) is 3. The number of hydrogen-bond donors (Lipinski definition) is 2. The minimum absolute atomic E-state index is 0.0884. The van der Waals surface area contributed by atoms with Crippen LogP contribution in [0.1, 0.15) is 25.5 Å². The molecule has 0 radical (unpaired) electrons. The van der Waals surface area contributed by atoms with Gasteiger partial charge in [-0.05, 0) is 25.1 Å². The van der Waals surface area contributed by atoms with E-state index in [-0.39, 0.29) is 12.5 Å². The second-order valence-corrected chi connectivity index (χ2v) is 4.87. The van der Waals surface area contributed by atoms with E-state index in [1.807, 2.05) is 25.1 Å². The van der Waals surface area contributed by atoms with Crippen LogP contribution in [0, 0.1) is 5.92 Å². The van der Waals surface area contributed by atoms with Crippen LogP contribution >= 0.6 is 15.9 Å². The fourth-order valence-corrected chi connectivity index (χ4v) is 1.64. The Hall–Kier alpha value is -0.580. The molecule has 0 spiro atoms. The first-order valence-corrected chi connectivity index (χ1v) is 6.05. The third-order valence-corrected chi connectivity index (χ3v) is 2.75. The third-order valence-electron chi connectivity index (χ3n) is 2.26. The molecule has 0 aliphatic heterocycles. The summed E-state index contributed by atoms with van der Waals surface area (Å²) >= 11 is 3.35. The van der Waals surface area contributed by atoms with E-state index >= 15 is 0 Å². The van der Waals surface area contributed by atoms with Crippen LogP contribution in [0.25, 0.3) is 0 Å². The van der Waals surface area contributed by atoms with Crippen molar-refractivity contribution < 1.29 is 14.9 Å². The third kappa shape index (κ3) is 3.77. The maximum atomic E-state index is 9.60. The summed E-state index contributed by atoms with van der Waals surface area (Å²) in [4.78, 5) is 0. The fraction of sp³-hybridized carbons (Fsp3) is 0.500. The molecule has 1 rings (SSSR count). The molecule has 0 aliphatic carbocycles. The number of ether oxygens (including phenoxy) is 1. The lowest BCUT2D eigenvalue weighted by Crippen LogP contribution is -2.13. The van der Waals surface area contributed by atoms with Crippen molar-refractivity contribution in [2.75, 3.05) is 13.2 Å². The maximum Gasteiger partial charge on any atom is 0.125 e. The standard InChI is InChI=1S/C12H17BrO3/c1-8(6-14)7-16-12-4-3-10(13)5-11(12)9(2)15/h3-5,8-9,14-15H,6-7H2,1-2H3/t8?,9-/m1/s1. The molecule has 0 fully saturated rings. The van der Waals surface area contributed by atoms with Crippen molar-refractivity contribution in [3.63, 3.8) is 0 Å². The highest BCUT2D eigenvalue weighted by Gasteiger charge is 2.11. The van der Waals surface area contributed by atoms with Gasteiger partial charge < -0.3 is 14.9 Å². The van der Waals surface area contributed by atoms with Crippen LogP contribution in [0.15, 0.2) is 22.7 Å². The van der Waals surface area contributed by atoms with Gasteiger partial charge in [0.15, 0.2) is 0 Å². The normalized spacial score (nSPS) is 14.6. The van der Waals surface area contributed by atoms with Crippen LogP contribution < -0.4 is 4.74 Å². The lowest BCUT2D eigenvalue weighted by Gasteiger charge is -2.15. The molecule has 1 aromatic rings. The molecule has 90 valence electrons. The number of aliphatic hydroxyl groups excluding tert-OH is 2. The zero-order valence-electron chi connectivity index (χ0n) is 9.48. The molecule has 0 heterocycles. The summed E-state index contributed by atoms with van der Waals surface area (Å²) in [6.07, 6.45) is -0.572. The van der Waals surface area contributed by atoms with Crippen LogP contribution in [0.2, 0.25) is 0 Å². The molecule has 16 heavy (non-hydrogen) atoms. The topological polar surface area (TPSA) is 49.7 Å². The van der Waals surface area contributed by atoms with Gasteiger partial charge in [-0.15, -0.1) is 0 Å². The van der Waals surface area contributed by atoms with Crippen molar-refractivity contribution in [1.29, 1.82) is 0 Å². The highest BCUT2D eigenvalue weighted by Crippen LogP contribution is 2.28. The van der Waals surface area contributed by atoms with Gasteiger partial charge in [0.05, 0.1) is 12.7 Å². The molecule has 2 N–H and O–H groups in total. The average molecular weight is 289 g/mol. The van der Waals surface area contributed by atoms with Gasteiger partial charge >= 0.3 is 0 Å². The SMILES string of the molecule is CC(CO)COc1ccc(Br)cc1[C@@H](C)O. The zero-order chi connectivity index (χ0) is 12.1. The fourth-order valence-electron chi connectivity index (χ4n) is 1.26. The Morgan fingerprint density at radius 1 is 1.38 bits per heavy atom. The quantitative estimate of drug-likeness (QED) is 0.875. The molecule has 0 amide bonds. The highest BCUT2D eigenvalue weighted by molar-refractivity contribution is 9.10. The Kier molecular flexibility index (Phi) is 5.25. The molecule has 1 aromatic carbocycles. The molecule has 2 atom stereocenters. The molecule has 4 heteroatoms. The molecule has 0 saturated carbocycles. The van der Waals surface area contributed by atoms with Gasteiger partial charge in [-0.2, -0.15) is 0 Å². The summed E-state index contributed by atoms with van der Waals surface area (Å²) in [6, 6.07) is 5.52. The maximum absolute atomic E-state index is 9.60. The first-order chi connectivity index (χ1) is 7.54. The van der Waals surface area contributed by atoms with Crippen LogP contribution in [0.5, 0.6) is 5.75 Å². The van der Waals surface area contributed by atoms with Crippen LogP contribution in [0.3, 0.4) is 0 Å². The van der Waals surface area contributed by atoms with E-state index in [0.717, 1.165) is 10.0 Å². The zero-order valence-corrected chi connectivity index (χ0v) is 11.1. The molecular weight excluding hydrogens is 272 g/mol. The number of aliphatic hydroxyl groups is 2. The second kappa shape index (κ2) is 6.23. The second-order valence-electron chi connectivity index (χ2n) is 3.96. The van der Waals surface area contributed by atoms with Gasteiger partial charge in [-0.1, -0.05) is 22.9 Å². The van der Waals surface area contributed by atoms with E-state index in [9.17, 15) is 5.11 Å². The number of rotatable bonds is 5. The first-order valence-electron chi connectivity index (χ1n) is 5.25. The number of benzene rings is 1. The van der Waals surface area contributed by atoms with E-state index in [4.69, 9.17) is 9.84 Å². The molecule has 0 aliphatic rings. The Morgan fingerprint density at radius 3 is 2.62 bits per heavy atom. The predicted molar refractivity (Wildman–Crippen MR) is 66.5 cm³/mol.